The van der Waals surface area contributed by atoms with Crippen molar-refractivity contribution < 1.29 is 14.6 Å². The third-order valence-electron chi connectivity index (χ3n) is 5.91. The van der Waals surface area contributed by atoms with Crippen LogP contribution < -0.4 is 5.32 Å². The summed E-state index contributed by atoms with van der Waals surface area (Å²) in [6, 6.07) is 25.7. The van der Waals surface area contributed by atoms with Crippen LogP contribution in [0.4, 0.5) is 5.82 Å². The maximum Gasteiger partial charge on any atom is 0.343 e. The molecule has 7 nitrogen and oxygen atoms in total. The number of aliphatic hydroxyl groups is 1. The zero-order chi connectivity index (χ0) is 25.4. The predicted molar refractivity (Wildman–Crippen MR) is 143 cm³/mol. The second kappa shape index (κ2) is 9.46. The van der Waals surface area contributed by atoms with E-state index in [2.05, 4.69) is 10.3 Å². The van der Waals surface area contributed by atoms with E-state index in [1.165, 1.54) is 6.08 Å². The van der Waals surface area contributed by atoms with Crippen LogP contribution in [0.5, 0.6) is 0 Å². The van der Waals surface area contributed by atoms with Crippen LogP contribution in [-0.2, 0) is 4.74 Å². The number of carbonyl (C=O) groups excluding carboxylic acids is 1. The summed E-state index contributed by atoms with van der Waals surface area (Å²) < 4.78 is 5.69. The summed E-state index contributed by atoms with van der Waals surface area (Å²) in [5, 5.41) is 14.7. The van der Waals surface area contributed by atoms with Crippen molar-refractivity contribution in [2.24, 2.45) is 0 Å². The molecule has 0 spiro atoms. The number of rotatable bonds is 4. The Morgan fingerprint density at radius 3 is 2.38 bits per heavy atom. The minimum absolute atomic E-state index is 0.108. The van der Waals surface area contributed by atoms with Gasteiger partial charge in [-0.25, -0.2) is 14.8 Å². The maximum atomic E-state index is 12.8. The van der Waals surface area contributed by atoms with Gasteiger partial charge in [0.15, 0.2) is 11.6 Å². The number of ether oxygens (including phenoxy) is 1. The van der Waals surface area contributed by atoms with Crippen LogP contribution in [-0.4, -0.2) is 32.3 Å². The van der Waals surface area contributed by atoms with Gasteiger partial charge in [-0.2, -0.15) is 0 Å². The molecule has 1 unspecified atom stereocenters. The molecule has 0 saturated heterocycles. The second-order valence-corrected chi connectivity index (χ2v) is 8.80. The summed E-state index contributed by atoms with van der Waals surface area (Å²) >= 11 is 6.60. The zero-order valence-electron chi connectivity index (χ0n) is 19.3. The Kier molecular flexibility index (Phi) is 5.84. The molecule has 180 valence electrons. The number of anilines is 1. The average Bonchev–Trinajstić information content (AvgIpc) is 2.93. The van der Waals surface area contributed by atoms with E-state index in [1.807, 2.05) is 54.6 Å². The highest BCUT2D eigenvalue weighted by Gasteiger charge is 2.27. The molecule has 0 saturated carbocycles. The molecule has 6 rings (SSSR count). The molecule has 5 aromatic rings. The van der Waals surface area contributed by atoms with Crippen LogP contribution in [0.3, 0.4) is 0 Å². The molecular formula is C29H19ClN4O3. The SMILES string of the molecule is O=C(OC1=CC(O)Nc2nc(-c3ccccc3)c(-c3cc(Cl)c4ncccc4c3)nc21)c1ccccc1. The van der Waals surface area contributed by atoms with Gasteiger partial charge in [-0.05, 0) is 30.3 Å². The molecule has 0 aliphatic carbocycles. The largest absolute Gasteiger partial charge is 0.421 e. The van der Waals surface area contributed by atoms with Crippen molar-refractivity contribution in [3.8, 4) is 22.5 Å². The van der Waals surface area contributed by atoms with E-state index in [0.29, 0.717) is 39.0 Å². The monoisotopic (exact) mass is 506 g/mol. The molecule has 1 atom stereocenters. The molecule has 37 heavy (non-hydrogen) atoms. The Hall–Kier alpha value is -4.59. The van der Waals surface area contributed by atoms with Gasteiger partial charge < -0.3 is 15.2 Å². The number of aliphatic hydroxyl groups excluding tert-OH is 1. The molecule has 0 bridgehead atoms. The van der Waals surface area contributed by atoms with Crippen molar-refractivity contribution >= 4 is 40.1 Å². The Labute approximate surface area is 217 Å². The minimum atomic E-state index is -1.11. The molecule has 0 amide bonds. The van der Waals surface area contributed by atoms with Crippen molar-refractivity contribution in [1.82, 2.24) is 15.0 Å². The Bertz CT molecular complexity index is 1670. The van der Waals surface area contributed by atoms with Gasteiger partial charge in [-0.3, -0.25) is 4.98 Å². The van der Waals surface area contributed by atoms with Crippen molar-refractivity contribution in [3.63, 3.8) is 0 Å². The molecule has 8 heteroatoms. The molecule has 0 radical (unpaired) electrons. The Morgan fingerprint density at radius 2 is 1.59 bits per heavy atom. The number of halogens is 1. The number of fused-ring (bicyclic) bond motifs is 2. The number of nitrogens with one attached hydrogen (secondary N) is 1. The van der Waals surface area contributed by atoms with Crippen molar-refractivity contribution in [1.29, 1.82) is 0 Å². The number of benzene rings is 3. The van der Waals surface area contributed by atoms with Gasteiger partial charge >= 0.3 is 5.97 Å². The highest BCUT2D eigenvalue weighted by atomic mass is 35.5. The third kappa shape index (κ3) is 4.42. The number of nitrogens with zero attached hydrogens (tertiary/aromatic N) is 3. The summed E-state index contributed by atoms with van der Waals surface area (Å²) in [5.41, 5.74) is 4.02. The van der Waals surface area contributed by atoms with E-state index in [0.717, 1.165) is 16.5 Å². The standard InChI is InChI=1S/C29H19ClN4O3/c30-21-15-20(14-19-12-7-13-31-24(19)21)26-25(17-8-3-1-4-9-17)34-28-27(33-26)22(16-23(35)32-28)37-29(36)18-10-5-2-6-11-18/h1-16,23,35H,(H,32,34). The lowest BCUT2D eigenvalue weighted by atomic mass is 10.0. The number of carbonyl (C=O) groups is 1. The Morgan fingerprint density at radius 1 is 0.865 bits per heavy atom. The quantitative estimate of drug-likeness (QED) is 0.290. The van der Waals surface area contributed by atoms with Crippen LogP contribution in [0.15, 0.2) is 97.2 Å². The van der Waals surface area contributed by atoms with E-state index >= 15 is 0 Å². The van der Waals surface area contributed by atoms with E-state index in [-0.39, 0.29) is 5.76 Å². The lowest BCUT2D eigenvalue weighted by Crippen LogP contribution is -2.25. The number of aromatic nitrogens is 3. The fourth-order valence-corrected chi connectivity index (χ4v) is 4.49. The highest BCUT2D eigenvalue weighted by Crippen LogP contribution is 2.38. The van der Waals surface area contributed by atoms with E-state index in [1.54, 1.807) is 36.5 Å². The van der Waals surface area contributed by atoms with Crippen LogP contribution in [0.25, 0.3) is 39.2 Å². The van der Waals surface area contributed by atoms with E-state index in [9.17, 15) is 9.90 Å². The highest BCUT2D eigenvalue weighted by molar-refractivity contribution is 6.35. The summed E-state index contributed by atoms with van der Waals surface area (Å²) in [4.78, 5) is 26.9. The van der Waals surface area contributed by atoms with Crippen LogP contribution in [0, 0.1) is 0 Å². The summed E-state index contributed by atoms with van der Waals surface area (Å²) in [6.45, 7) is 0. The summed E-state index contributed by atoms with van der Waals surface area (Å²) in [6.07, 6.45) is 1.97. The molecule has 3 heterocycles. The second-order valence-electron chi connectivity index (χ2n) is 8.39. The minimum Gasteiger partial charge on any atom is -0.421 e. The first kappa shape index (κ1) is 22.8. The number of esters is 1. The summed E-state index contributed by atoms with van der Waals surface area (Å²) in [5.74, 6) is -0.166. The fraction of sp³-hybridized carbons (Fsp3) is 0.0345. The average molecular weight is 507 g/mol. The predicted octanol–water partition coefficient (Wildman–Crippen LogP) is 5.95. The first-order chi connectivity index (χ1) is 18.1. The van der Waals surface area contributed by atoms with Gasteiger partial charge in [0.05, 0.1) is 27.5 Å². The zero-order valence-corrected chi connectivity index (χ0v) is 20.1. The molecule has 3 aromatic carbocycles. The van der Waals surface area contributed by atoms with Gasteiger partial charge in [0.1, 0.15) is 11.9 Å². The van der Waals surface area contributed by atoms with Gasteiger partial charge in [-0.15, -0.1) is 0 Å². The third-order valence-corrected chi connectivity index (χ3v) is 6.20. The van der Waals surface area contributed by atoms with Crippen molar-refractivity contribution in [2.75, 3.05) is 5.32 Å². The van der Waals surface area contributed by atoms with Gasteiger partial charge in [0.25, 0.3) is 0 Å². The van der Waals surface area contributed by atoms with E-state index < -0.39 is 12.2 Å². The molecular weight excluding hydrogens is 488 g/mol. The van der Waals surface area contributed by atoms with Crippen LogP contribution in [0.2, 0.25) is 5.02 Å². The molecule has 2 N–H and O–H groups in total. The topological polar surface area (TPSA) is 97.2 Å². The normalized spacial score (nSPS) is 14.4. The fourth-order valence-electron chi connectivity index (χ4n) is 4.21. The van der Waals surface area contributed by atoms with Crippen molar-refractivity contribution in [2.45, 2.75) is 6.23 Å². The molecule has 1 aliphatic heterocycles. The molecule has 0 fully saturated rings. The van der Waals surface area contributed by atoms with Crippen LogP contribution in [0.1, 0.15) is 16.1 Å². The molecule has 2 aromatic heterocycles. The van der Waals surface area contributed by atoms with Crippen LogP contribution >= 0.6 is 11.6 Å². The number of hydrogen-bond donors (Lipinski definition) is 2. The lowest BCUT2D eigenvalue weighted by Gasteiger charge is -2.23. The summed E-state index contributed by atoms with van der Waals surface area (Å²) in [7, 11) is 0. The lowest BCUT2D eigenvalue weighted by molar-refractivity contribution is 0.0688. The smallest absolute Gasteiger partial charge is 0.343 e. The van der Waals surface area contributed by atoms with Gasteiger partial charge in [-0.1, -0.05) is 66.2 Å². The Balaban J connectivity index is 1.53. The first-order valence-electron chi connectivity index (χ1n) is 11.5. The first-order valence-corrected chi connectivity index (χ1v) is 11.9. The molecule has 1 aliphatic rings. The van der Waals surface area contributed by atoms with Crippen molar-refractivity contribution in [3.05, 3.63) is 113 Å². The van der Waals surface area contributed by atoms with Gasteiger partial charge in [0, 0.05) is 28.8 Å². The number of hydrogen-bond acceptors (Lipinski definition) is 7. The van der Waals surface area contributed by atoms with E-state index in [4.69, 9.17) is 26.3 Å². The number of pyridine rings is 1. The van der Waals surface area contributed by atoms with Gasteiger partial charge in [0.2, 0.25) is 0 Å². The maximum absolute atomic E-state index is 12.8.